The van der Waals surface area contributed by atoms with Crippen LogP contribution < -0.4 is 5.32 Å². The van der Waals surface area contributed by atoms with E-state index in [0.29, 0.717) is 18.0 Å². The van der Waals surface area contributed by atoms with E-state index in [1.165, 1.54) is 5.56 Å². The van der Waals surface area contributed by atoms with Crippen LogP contribution >= 0.6 is 0 Å². The lowest BCUT2D eigenvalue weighted by Gasteiger charge is -2.39. The molecule has 2 aromatic rings. The first-order valence-electron chi connectivity index (χ1n) is 10.2. The number of piperidine rings is 1. The Labute approximate surface area is 169 Å². The summed E-state index contributed by atoms with van der Waals surface area (Å²) >= 11 is 0. The van der Waals surface area contributed by atoms with E-state index in [4.69, 9.17) is 0 Å². The number of nitrogens with zero attached hydrogens (tertiary/aromatic N) is 5. The van der Waals surface area contributed by atoms with Crippen LogP contribution in [0.25, 0.3) is 0 Å². The second-order valence-corrected chi connectivity index (χ2v) is 8.02. The van der Waals surface area contributed by atoms with Gasteiger partial charge in [0, 0.05) is 45.1 Å². The van der Waals surface area contributed by atoms with Crippen molar-refractivity contribution in [1.29, 1.82) is 0 Å². The number of hydrogen-bond acceptors (Lipinski definition) is 3. The zero-order valence-corrected chi connectivity index (χ0v) is 17.6. The van der Waals surface area contributed by atoms with E-state index in [-0.39, 0.29) is 0 Å². The number of likely N-dealkylation sites (tertiary alicyclic amines) is 1. The monoisotopic (exact) mass is 382 g/mol. The lowest BCUT2D eigenvalue weighted by atomic mass is 9.93. The number of benzene rings is 1. The molecule has 3 unspecified atom stereocenters. The van der Waals surface area contributed by atoms with Crippen LogP contribution in [0.5, 0.6) is 0 Å². The highest BCUT2D eigenvalue weighted by atomic mass is 15.3. The molecule has 1 saturated heterocycles. The quantitative estimate of drug-likeness (QED) is 0.616. The van der Waals surface area contributed by atoms with E-state index in [0.717, 1.165) is 38.4 Å². The van der Waals surface area contributed by atoms with Crippen molar-refractivity contribution in [1.82, 2.24) is 24.7 Å². The molecule has 3 rings (SSSR count). The van der Waals surface area contributed by atoms with Crippen molar-refractivity contribution in [3.63, 3.8) is 0 Å². The van der Waals surface area contributed by atoms with Gasteiger partial charge in [0.05, 0.1) is 12.4 Å². The van der Waals surface area contributed by atoms with Crippen molar-refractivity contribution in [2.75, 3.05) is 40.8 Å². The highest BCUT2D eigenvalue weighted by molar-refractivity contribution is 5.80. The molecule has 1 aliphatic heterocycles. The largest absolute Gasteiger partial charge is 0.355 e. The molecule has 1 aliphatic rings. The van der Waals surface area contributed by atoms with Crippen LogP contribution in [0.3, 0.4) is 0 Å². The summed E-state index contributed by atoms with van der Waals surface area (Å²) in [6, 6.07) is 11.5. The van der Waals surface area contributed by atoms with Gasteiger partial charge >= 0.3 is 0 Å². The van der Waals surface area contributed by atoms with E-state index < -0.39 is 0 Å². The molecule has 0 amide bonds. The third-order valence-corrected chi connectivity index (χ3v) is 5.88. The van der Waals surface area contributed by atoms with Crippen LogP contribution in [0.2, 0.25) is 0 Å². The van der Waals surface area contributed by atoms with Crippen LogP contribution in [0.4, 0.5) is 0 Å². The van der Waals surface area contributed by atoms with Crippen LogP contribution in [0.1, 0.15) is 24.9 Å². The molecule has 0 radical (unpaired) electrons. The third-order valence-electron chi connectivity index (χ3n) is 5.88. The number of hydrogen-bond donors (Lipinski definition) is 1. The van der Waals surface area contributed by atoms with Gasteiger partial charge in [-0.25, -0.2) is 4.98 Å². The first-order chi connectivity index (χ1) is 13.6. The van der Waals surface area contributed by atoms with E-state index in [1.54, 1.807) is 0 Å². The predicted octanol–water partition coefficient (Wildman–Crippen LogP) is 2.51. The highest BCUT2D eigenvalue weighted by Crippen LogP contribution is 2.27. The number of rotatable bonds is 6. The molecular formula is C22H34N6. The number of guanidine groups is 1. The summed E-state index contributed by atoms with van der Waals surface area (Å²) in [6.45, 7) is 5.20. The van der Waals surface area contributed by atoms with Crippen LogP contribution in [0, 0.1) is 5.92 Å². The summed E-state index contributed by atoms with van der Waals surface area (Å²) in [4.78, 5) is 13.5. The summed E-state index contributed by atoms with van der Waals surface area (Å²) in [5, 5.41) is 3.63. The van der Waals surface area contributed by atoms with Gasteiger partial charge < -0.3 is 19.7 Å². The van der Waals surface area contributed by atoms with Crippen molar-refractivity contribution >= 4 is 5.96 Å². The fraction of sp³-hybridized carbons (Fsp3) is 0.545. The maximum absolute atomic E-state index is 4.58. The average Bonchev–Trinajstić information content (AvgIpc) is 3.23. The molecule has 6 nitrogen and oxygen atoms in total. The van der Waals surface area contributed by atoms with E-state index >= 15 is 0 Å². The Morgan fingerprint density at radius 3 is 2.75 bits per heavy atom. The maximum atomic E-state index is 4.58. The first-order valence-corrected chi connectivity index (χ1v) is 10.2. The van der Waals surface area contributed by atoms with Crippen molar-refractivity contribution in [2.45, 2.75) is 31.8 Å². The van der Waals surface area contributed by atoms with E-state index in [1.807, 2.05) is 19.6 Å². The number of aliphatic imine (C=N–C) groups is 1. The maximum Gasteiger partial charge on any atom is 0.193 e. The van der Waals surface area contributed by atoms with Crippen molar-refractivity contribution in [3.05, 3.63) is 54.6 Å². The summed E-state index contributed by atoms with van der Waals surface area (Å²) in [5.41, 5.74) is 1.37. The molecule has 6 heteroatoms. The Morgan fingerprint density at radius 2 is 2.11 bits per heavy atom. The Balaban J connectivity index is 1.61. The summed E-state index contributed by atoms with van der Waals surface area (Å²) in [7, 11) is 6.18. The SMILES string of the molecule is CN=C(NCC(Cc1ccccc1)N(C)C)N1CCC(C)C(n2ccnc2)C1. The van der Waals surface area contributed by atoms with Gasteiger partial charge in [0.1, 0.15) is 0 Å². The summed E-state index contributed by atoms with van der Waals surface area (Å²) < 4.78 is 2.24. The van der Waals surface area contributed by atoms with Gasteiger partial charge in [-0.05, 0) is 38.4 Å². The van der Waals surface area contributed by atoms with Gasteiger partial charge in [0.2, 0.25) is 0 Å². The molecule has 1 fully saturated rings. The molecule has 3 atom stereocenters. The summed E-state index contributed by atoms with van der Waals surface area (Å²) in [6.07, 6.45) is 8.05. The minimum Gasteiger partial charge on any atom is -0.355 e. The number of imidazole rings is 1. The lowest BCUT2D eigenvalue weighted by Crippen LogP contribution is -2.51. The Hall–Kier alpha value is -2.34. The number of likely N-dealkylation sites (N-methyl/N-ethyl adjacent to an activating group) is 1. The van der Waals surface area contributed by atoms with Crippen LogP contribution in [-0.2, 0) is 6.42 Å². The highest BCUT2D eigenvalue weighted by Gasteiger charge is 2.29. The average molecular weight is 383 g/mol. The van der Waals surface area contributed by atoms with Gasteiger partial charge in [0.25, 0.3) is 0 Å². The standard InChI is InChI=1S/C22H34N6/c1-18-10-12-27(16-21(18)28-13-11-24-17-28)22(23-2)25-15-20(26(3)4)14-19-8-6-5-7-9-19/h5-9,11,13,17-18,20-21H,10,12,14-16H2,1-4H3,(H,23,25). The first kappa shape index (κ1) is 20.4. The molecule has 0 bridgehead atoms. The molecule has 152 valence electrons. The minimum absolute atomic E-state index is 0.410. The van der Waals surface area contributed by atoms with Crippen LogP contribution in [0.15, 0.2) is 54.0 Å². The third kappa shape index (κ3) is 5.13. The Kier molecular flexibility index (Phi) is 7.09. The minimum atomic E-state index is 0.410. The van der Waals surface area contributed by atoms with Gasteiger partial charge in [0.15, 0.2) is 5.96 Å². The molecule has 1 N–H and O–H groups in total. The fourth-order valence-electron chi connectivity index (χ4n) is 3.96. The van der Waals surface area contributed by atoms with E-state index in [2.05, 4.69) is 87.2 Å². The molecule has 1 aromatic heterocycles. The van der Waals surface area contributed by atoms with Gasteiger partial charge in [-0.15, -0.1) is 0 Å². The van der Waals surface area contributed by atoms with E-state index in [9.17, 15) is 0 Å². The predicted molar refractivity (Wildman–Crippen MR) is 116 cm³/mol. The smallest absolute Gasteiger partial charge is 0.193 e. The zero-order chi connectivity index (χ0) is 19.9. The molecule has 0 spiro atoms. The molecule has 0 saturated carbocycles. The van der Waals surface area contributed by atoms with Crippen molar-refractivity contribution in [2.24, 2.45) is 10.9 Å². The zero-order valence-electron chi connectivity index (χ0n) is 17.6. The molecule has 1 aromatic carbocycles. The number of aromatic nitrogens is 2. The molecule has 0 aliphatic carbocycles. The van der Waals surface area contributed by atoms with Gasteiger partial charge in [-0.2, -0.15) is 0 Å². The van der Waals surface area contributed by atoms with Gasteiger partial charge in [-0.3, -0.25) is 4.99 Å². The molecule has 28 heavy (non-hydrogen) atoms. The van der Waals surface area contributed by atoms with Crippen LogP contribution in [-0.4, -0.2) is 72.1 Å². The summed E-state index contributed by atoms with van der Waals surface area (Å²) in [5.74, 6) is 1.63. The van der Waals surface area contributed by atoms with Crippen molar-refractivity contribution in [3.8, 4) is 0 Å². The lowest BCUT2D eigenvalue weighted by molar-refractivity contribution is 0.187. The Bertz CT molecular complexity index is 725. The number of nitrogens with one attached hydrogen (secondary N) is 1. The molecule has 2 heterocycles. The topological polar surface area (TPSA) is 48.7 Å². The normalized spacial score (nSPS) is 21.8. The van der Waals surface area contributed by atoms with Gasteiger partial charge in [-0.1, -0.05) is 37.3 Å². The second-order valence-electron chi connectivity index (χ2n) is 8.02. The van der Waals surface area contributed by atoms with Crippen molar-refractivity contribution < 1.29 is 0 Å². The Morgan fingerprint density at radius 1 is 1.32 bits per heavy atom. The second kappa shape index (κ2) is 9.73. The molecular weight excluding hydrogens is 348 g/mol. The fourth-order valence-corrected chi connectivity index (χ4v) is 3.96.